The molecule has 2 amide bonds. The maximum Gasteiger partial charge on any atom is 0.254 e. The number of pyridine rings is 1. The molecule has 0 aliphatic carbocycles. The molecule has 0 aliphatic rings. The number of carbonyl (C=O) groups excluding carboxylic acids is 3. The van der Waals surface area contributed by atoms with Crippen molar-refractivity contribution >= 4 is 40.7 Å². The molecule has 0 bridgehead atoms. The highest BCUT2D eigenvalue weighted by Gasteiger charge is 2.27. The summed E-state index contributed by atoms with van der Waals surface area (Å²) in [7, 11) is 0. The molecule has 2 heterocycles. The summed E-state index contributed by atoms with van der Waals surface area (Å²) in [5, 5.41) is 7.45. The molecule has 9 nitrogen and oxygen atoms in total. The van der Waals surface area contributed by atoms with E-state index in [-0.39, 0.29) is 41.0 Å². The Hall–Kier alpha value is -3.72. The molecule has 0 spiro atoms. The Morgan fingerprint density at radius 1 is 1.16 bits per heavy atom. The van der Waals surface area contributed by atoms with Crippen LogP contribution in [0.5, 0.6) is 0 Å². The molecule has 0 radical (unpaired) electrons. The molecule has 0 saturated carbocycles. The summed E-state index contributed by atoms with van der Waals surface area (Å²) in [4.78, 5) is 41.2. The van der Waals surface area contributed by atoms with E-state index in [0.29, 0.717) is 10.7 Å². The Morgan fingerprint density at radius 3 is 2.45 bits per heavy atom. The number of nitrogens with two attached hydrogens (primary N) is 2. The molecule has 3 aromatic rings. The van der Waals surface area contributed by atoms with E-state index in [2.05, 4.69) is 15.4 Å². The number of amides is 2. The number of anilines is 2. The van der Waals surface area contributed by atoms with Crippen molar-refractivity contribution in [1.29, 1.82) is 0 Å². The lowest BCUT2D eigenvalue weighted by Crippen LogP contribution is -2.18. The molecule has 0 fully saturated rings. The third-order valence-corrected chi connectivity index (χ3v) is 4.71. The first-order valence-corrected chi connectivity index (χ1v) is 9.77. The van der Waals surface area contributed by atoms with Crippen LogP contribution >= 0.6 is 11.6 Å². The summed E-state index contributed by atoms with van der Waals surface area (Å²) >= 11 is 5.85. The van der Waals surface area contributed by atoms with Crippen molar-refractivity contribution in [3.8, 4) is 0 Å². The van der Waals surface area contributed by atoms with Crippen LogP contribution in [0, 0.1) is 0 Å². The van der Waals surface area contributed by atoms with Gasteiger partial charge in [-0.1, -0.05) is 23.7 Å². The molecule has 1 aromatic carbocycles. The van der Waals surface area contributed by atoms with Gasteiger partial charge in [0, 0.05) is 22.8 Å². The van der Waals surface area contributed by atoms with Gasteiger partial charge in [-0.15, -0.1) is 0 Å². The fourth-order valence-electron chi connectivity index (χ4n) is 3.00. The van der Waals surface area contributed by atoms with Crippen LogP contribution in [-0.2, 0) is 11.2 Å². The van der Waals surface area contributed by atoms with E-state index in [1.54, 1.807) is 38.1 Å². The van der Waals surface area contributed by atoms with Crippen molar-refractivity contribution in [2.24, 2.45) is 5.73 Å². The molecule has 0 aliphatic heterocycles. The van der Waals surface area contributed by atoms with Gasteiger partial charge in [0.25, 0.3) is 5.91 Å². The van der Waals surface area contributed by atoms with Crippen LogP contribution in [0.15, 0.2) is 42.7 Å². The quantitative estimate of drug-likeness (QED) is 0.481. The average molecular weight is 441 g/mol. The number of hydrogen-bond acceptors (Lipinski definition) is 6. The fraction of sp³-hybridized carbons (Fsp3) is 0.190. The summed E-state index contributed by atoms with van der Waals surface area (Å²) in [6.45, 7) is 3.61. The van der Waals surface area contributed by atoms with Crippen LogP contribution in [0.1, 0.15) is 51.9 Å². The van der Waals surface area contributed by atoms with E-state index in [1.165, 1.54) is 23.1 Å². The lowest BCUT2D eigenvalue weighted by molar-refractivity contribution is -0.115. The number of hydrogen-bond donors (Lipinski definition) is 3. The van der Waals surface area contributed by atoms with Gasteiger partial charge in [0.05, 0.1) is 18.3 Å². The zero-order chi connectivity index (χ0) is 22.7. The van der Waals surface area contributed by atoms with Crippen molar-refractivity contribution in [2.45, 2.75) is 26.3 Å². The van der Waals surface area contributed by atoms with Gasteiger partial charge in [0.15, 0.2) is 0 Å². The molecular formula is C21H21ClN6O3. The SMILES string of the molecule is CC(C)n1nc(C(=O)c2cncc(NC(=O)Cc3ccc(Cl)cc3)c2)c(C(N)=O)c1N. The molecule has 5 N–H and O–H groups in total. The largest absolute Gasteiger partial charge is 0.383 e. The second kappa shape index (κ2) is 8.97. The predicted octanol–water partition coefficient (Wildman–Crippen LogP) is 2.61. The number of rotatable bonds is 7. The average Bonchev–Trinajstić information content (AvgIpc) is 3.07. The van der Waals surface area contributed by atoms with Gasteiger partial charge >= 0.3 is 0 Å². The molecule has 0 atom stereocenters. The van der Waals surface area contributed by atoms with Gasteiger partial charge in [-0.25, -0.2) is 4.68 Å². The van der Waals surface area contributed by atoms with Gasteiger partial charge < -0.3 is 16.8 Å². The van der Waals surface area contributed by atoms with Gasteiger partial charge in [-0.05, 0) is 37.6 Å². The van der Waals surface area contributed by atoms with E-state index in [4.69, 9.17) is 23.1 Å². The van der Waals surface area contributed by atoms with Gasteiger partial charge in [-0.3, -0.25) is 19.4 Å². The summed E-state index contributed by atoms with van der Waals surface area (Å²) in [6.07, 6.45) is 2.84. The van der Waals surface area contributed by atoms with E-state index >= 15 is 0 Å². The Morgan fingerprint density at radius 2 is 1.84 bits per heavy atom. The second-order valence-corrected chi connectivity index (χ2v) is 7.59. The Labute approximate surface area is 183 Å². The molecule has 160 valence electrons. The molecular weight excluding hydrogens is 420 g/mol. The van der Waals surface area contributed by atoms with E-state index in [0.717, 1.165) is 5.56 Å². The smallest absolute Gasteiger partial charge is 0.254 e. The number of nitrogens with one attached hydrogen (secondary N) is 1. The predicted molar refractivity (Wildman–Crippen MR) is 117 cm³/mol. The number of ketones is 1. The van der Waals surface area contributed by atoms with Crippen LogP contribution in [0.2, 0.25) is 5.02 Å². The summed E-state index contributed by atoms with van der Waals surface area (Å²) < 4.78 is 1.36. The molecule has 31 heavy (non-hydrogen) atoms. The van der Waals surface area contributed by atoms with Crippen molar-refractivity contribution in [3.05, 3.63) is 70.1 Å². The molecule has 2 aromatic heterocycles. The minimum absolute atomic E-state index is 0.0197. The van der Waals surface area contributed by atoms with Crippen LogP contribution < -0.4 is 16.8 Å². The normalized spacial score (nSPS) is 10.8. The second-order valence-electron chi connectivity index (χ2n) is 7.15. The van der Waals surface area contributed by atoms with E-state index < -0.39 is 11.7 Å². The Balaban J connectivity index is 1.84. The lowest BCUT2D eigenvalue weighted by Gasteiger charge is -2.07. The highest BCUT2D eigenvalue weighted by molar-refractivity contribution is 6.30. The van der Waals surface area contributed by atoms with Crippen LogP contribution in [-0.4, -0.2) is 32.4 Å². The third kappa shape index (κ3) is 4.89. The number of carbonyl (C=O) groups is 3. The summed E-state index contributed by atoms with van der Waals surface area (Å²) in [5.74, 6) is -1.71. The number of nitrogens with zero attached hydrogens (tertiary/aromatic N) is 3. The number of nitrogen functional groups attached to an aromatic ring is 1. The highest BCUT2D eigenvalue weighted by Crippen LogP contribution is 2.23. The fourth-order valence-corrected chi connectivity index (χ4v) is 3.13. The molecule has 0 unspecified atom stereocenters. The van der Waals surface area contributed by atoms with Gasteiger partial charge in [-0.2, -0.15) is 5.10 Å². The topological polar surface area (TPSA) is 146 Å². The third-order valence-electron chi connectivity index (χ3n) is 4.46. The summed E-state index contributed by atoms with van der Waals surface area (Å²) in [5.41, 5.74) is 12.3. The van der Waals surface area contributed by atoms with Gasteiger partial charge in [0.2, 0.25) is 11.7 Å². The maximum absolute atomic E-state index is 13.0. The lowest BCUT2D eigenvalue weighted by atomic mass is 10.1. The minimum Gasteiger partial charge on any atom is -0.383 e. The Kier molecular flexibility index (Phi) is 6.36. The van der Waals surface area contributed by atoms with Crippen molar-refractivity contribution in [1.82, 2.24) is 14.8 Å². The van der Waals surface area contributed by atoms with Crippen molar-refractivity contribution < 1.29 is 14.4 Å². The maximum atomic E-state index is 13.0. The van der Waals surface area contributed by atoms with E-state index in [1.807, 2.05) is 0 Å². The highest BCUT2D eigenvalue weighted by atomic mass is 35.5. The molecule has 3 rings (SSSR count). The van der Waals surface area contributed by atoms with Crippen LogP contribution in [0.25, 0.3) is 0 Å². The number of halogens is 1. The van der Waals surface area contributed by atoms with Crippen molar-refractivity contribution in [3.63, 3.8) is 0 Å². The van der Waals surface area contributed by atoms with E-state index in [9.17, 15) is 14.4 Å². The van der Waals surface area contributed by atoms with Gasteiger partial charge in [0.1, 0.15) is 17.1 Å². The van der Waals surface area contributed by atoms with Crippen LogP contribution in [0.3, 0.4) is 0 Å². The number of primary amides is 1. The number of benzene rings is 1. The zero-order valence-electron chi connectivity index (χ0n) is 16.9. The first-order chi connectivity index (χ1) is 14.7. The van der Waals surface area contributed by atoms with Crippen LogP contribution in [0.4, 0.5) is 11.5 Å². The zero-order valence-corrected chi connectivity index (χ0v) is 17.7. The monoisotopic (exact) mass is 440 g/mol. The minimum atomic E-state index is -0.854. The Bertz CT molecular complexity index is 1150. The molecule has 0 saturated heterocycles. The first-order valence-electron chi connectivity index (χ1n) is 9.39. The standard InChI is InChI=1S/C21H21ClN6O3/c1-11(2)28-20(23)17(21(24)31)18(27-28)19(30)13-8-15(10-25-9-13)26-16(29)7-12-3-5-14(22)6-4-12/h3-6,8-11H,7,23H2,1-2H3,(H2,24,31)(H,26,29). The van der Waals surface area contributed by atoms with Crippen molar-refractivity contribution in [2.75, 3.05) is 11.1 Å². The number of aromatic nitrogens is 3. The molecule has 10 heteroatoms. The first kappa shape index (κ1) is 22.0. The summed E-state index contributed by atoms with van der Waals surface area (Å²) in [6, 6.07) is 8.16.